The van der Waals surface area contributed by atoms with Crippen molar-refractivity contribution in [2.24, 2.45) is 5.92 Å². The Morgan fingerprint density at radius 2 is 2.56 bits per heavy atom. The summed E-state index contributed by atoms with van der Waals surface area (Å²) in [5.74, 6) is 1.68. The van der Waals surface area contributed by atoms with Gasteiger partial charge in [-0.05, 0) is 36.0 Å². The summed E-state index contributed by atoms with van der Waals surface area (Å²) in [7, 11) is 0. The van der Waals surface area contributed by atoms with Crippen molar-refractivity contribution in [1.82, 2.24) is 10.3 Å². The molecule has 0 saturated carbocycles. The zero-order valence-corrected chi connectivity index (χ0v) is 9.60. The summed E-state index contributed by atoms with van der Waals surface area (Å²) >= 11 is 1.90. The Morgan fingerprint density at radius 3 is 3.25 bits per heavy atom. The summed E-state index contributed by atoms with van der Waals surface area (Å²) in [5, 5.41) is 2.75. The van der Waals surface area contributed by atoms with E-state index in [1.165, 1.54) is 12.3 Å². The van der Waals surface area contributed by atoms with Gasteiger partial charge in [0.1, 0.15) is 0 Å². The van der Waals surface area contributed by atoms with Gasteiger partial charge in [0.05, 0.1) is 5.56 Å². The fourth-order valence-corrected chi connectivity index (χ4v) is 2.92. The van der Waals surface area contributed by atoms with Gasteiger partial charge < -0.3 is 5.32 Å². The number of rotatable bonds is 3. The number of thioether (sulfide) groups is 1. The molecule has 1 aliphatic rings. The highest BCUT2D eigenvalue weighted by Gasteiger charge is 2.17. The van der Waals surface area contributed by atoms with Crippen LogP contribution in [-0.4, -0.2) is 28.9 Å². The van der Waals surface area contributed by atoms with Crippen LogP contribution >= 0.6 is 11.8 Å². The highest BCUT2D eigenvalue weighted by atomic mass is 32.2. The Kier molecular flexibility index (Phi) is 3.77. The van der Waals surface area contributed by atoms with E-state index in [4.69, 9.17) is 0 Å². The molecule has 0 aliphatic carbocycles. The molecule has 1 aromatic heterocycles. The van der Waals surface area contributed by atoms with E-state index in [2.05, 4.69) is 10.3 Å². The molecule has 1 atom stereocenters. The number of aromatic nitrogens is 1. The highest BCUT2D eigenvalue weighted by Crippen LogP contribution is 2.22. The van der Waals surface area contributed by atoms with E-state index in [0.29, 0.717) is 12.5 Å². The third kappa shape index (κ3) is 2.72. The zero-order valence-electron chi connectivity index (χ0n) is 8.78. The van der Waals surface area contributed by atoms with Gasteiger partial charge in [0.15, 0.2) is 0 Å². The molecule has 2 rings (SSSR count). The van der Waals surface area contributed by atoms with Gasteiger partial charge in [0.25, 0.3) is 5.91 Å². The largest absolute Gasteiger partial charge is 0.352 e. The van der Waals surface area contributed by atoms with Crippen LogP contribution in [0.4, 0.5) is 4.39 Å². The Morgan fingerprint density at radius 1 is 1.69 bits per heavy atom. The summed E-state index contributed by atoms with van der Waals surface area (Å²) in [6, 6.07) is 3.00. The number of nitrogens with zero attached hydrogens (tertiary/aromatic N) is 1. The molecule has 0 aromatic carbocycles. The van der Waals surface area contributed by atoms with Gasteiger partial charge in [-0.15, -0.1) is 0 Å². The first-order valence-electron chi connectivity index (χ1n) is 5.24. The van der Waals surface area contributed by atoms with Crippen LogP contribution < -0.4 is 5.32 Å². The van der Waals surface area contributed by atoms with Gasteiger partial charge in [-0.3, -0.25) is 4.79 Å². The first-order valence-corrected chi connectivity index (χ1v) is 6.39. The van der Waals surface area contributed by atoms with E-state index in [9.17, 15) is 9.18 Å². The molecule has 1 aliphatic heterocycles. The average molecular weight is 240 g/mol. The molecule has 86 valence electrons. The first-order chi connectivity index (χ1) is 7.77. The molecule has 1 N–H and O–H groups in total. The molecule has 1 saturated heterocycles. The minimum absolute atomic E-state index is 0.0214. The van der Waals surface area contributed by atoms with Crippen molar-refractivity contribution in [3.63, 3.8) is 0 Å². The minimum Gasteiger partial charge on any atom is -0.352 e. The van der Waals surface area contributed by atoms with Gasteiger partial charge >= 0.3 is 0 Å². The normalized spacial score (nSPS) is 19.7. The second kappa shape index (κ2) is 5.30. The Balaban J connectivity index is 1.90. The van der Waals surface area contributed by atoms with E-state index in [-0.39, 0.29) is 11.5 Å². The van der Waals surface area contributed by atoms with Crippen LogP contribution in [-0.2, 0) is 0 Å². The molecular formula is C11H13FN2OS. The topological polar surface area (TPSA) is 42.0 Å². The zero-order chi connectivity index (χ0) is 11.4. The second-order valence-corrected chi connectivity index (χ2v) is 4.93. The fourth-order valence-electron chi connectivity index (χ4n) is 1.63. The maximum atomic E-state index is 13.2. The maximum absolute atomic E-state index is 13.2. The minimum atomic E-state index is -0.708. The Labute approximate surface area is 97.8 Å². The number of nitrogens with one attached hydrogen (secondary N) is 1. The SMILES string of the molecule is O=C(NCC1CCSC1)c1cccnc1F. The summed E-state index contributed by atoms with van der Waals surface area (Å²) in [5.41, 5.74) is 0.0214. The highest BCUT2D eigenvalue weighted by molar-refractivity contribution is 7.99. The van der Waals surface area contributed by atoms with Crippen LogP contribution in [0, 0.1) is 11.9 Å². The molecule has 3 nitrogen and oxygen atoms in total. The van der Waals surface area contributed by atoms with Crippen LogP contribution in [0.3, 0.4) is 0 Å². The maximum Gasteiger partial charge on any atom is 0.255 e. The van der Waals surface area contributed by atoms with E-state index < -0.39 is 5.95 Å². The molecule has 16 heavy (non-hydrogen) atoms. The van der Waals surface area contributed by atoms with Crippen molar-refractivity contribution in [2.75, 3.05) is 18.1 Å². The van der Waals surface area contributed by atoms with E-state index in [1.807, 2.05) is 11.8 Å². The standard InChI is InChI=1S/C11H13FN2OS/c12-10-9(2-1-4-13-10)11(15)14-6-8-3-5-16-7-8/h1-2,4,8H,3,5-7H2,(H,14,15). The summed E-state index contributed by atoms with van der Waals surface area (Å²) in [6.07, 6.45) is 2.46. The number of carbonyl (C=O) groups is 1. The summed E-state index contributed by atoms with van der Waals surface area (Å²) in [4.78, 5) is 15.1. The van der Waals surface area contributed by atoms with Crippen molar-refractivity contribution in [1.29, 1.82) is 0 Å². The lowest BCUT2D eigenvalue weighted by Crippen LogP contribution is -2.30. The third-order valence-electron chi connectivity index (χ3n) is 2.58. The number of halogens is 1. The van der Waals surface area contributed by atoms with Crippen molar-refractivity contribution < 1.29 is 9.18 Å². The average Bonchev–Trinajstić information content (AvgIpc) is 2.79. The van der Waals surface area contributed by atoms with Crippen molar-refractivity contribution >= 4 is 17.7 Å². The molecule has 2 heterocycles. The van der Waals surface area contributed by atoms with Crippen LogP contribution in [0.25, 0.3) is 0 Å². The Hall–Kier alpha value is -1.10. The van der Waals surface area contributed by atoms with Gasteiger partial charge in [-0.25, -0.2) is 4.98 Å². The number of hydrogen-bond acceptors (Lipinski definition) is 3. The monoisotopic (exact) mass is 240 g/mol. The van der Waals surface area contributed by atoms with Crippen LogP contribution in [0.5, 0.6) is 0 Å². The quantitative estimate of drug-likeness (QED) is 0.818. The first kappa shape index (κ1) is 11.4. The number of amides is 1. The van der Waals surface area contributed by atoms with Gasteiger partial charge in [-0.2, -0.15) is 16.2 Å². The van der Waals surface area contributed by atoms with Crippen molar-refractivity contribution in [3.05, 3.63) is 29.8 Å². The lowest BCUT2D eigenvalue weighted by molar-refractivity contribution is 0.0943. The van der Waals surface area contributed by atoms with Crippen molar-refractivity contribution in [2.45, 2.75) is 6.42 Å². The predicted molar refractivity (Wildman–Crippen MR) is 62.0 cm³/mol. The second-order valence-electron chi connectivity index (χ2n) is 3.78. The van der Waals surface area contributed by atoms with Crippen LogP contribution in [0.1, 0.15) is 16.8 Å². The lowest BCUT2D eigenvalue weighted by atomic mass is 10.1. The van der Waals surface area contributed by atoms with E-state index in [1.54, 1.807) is 6.07 Å². The number of pyridine rings is 1. The summed E-state index contributed by atoms with van der Waals surface area (Å²) in [6.45, 7) is 0.625. The molecule has 0 radical (unpaired) electrons. The smallest absolute Gasteiger partial charge is 0.255 e. The molecule has 1 aromatic rings. The summed E-state index contributed by atoms with van der Waals surface area (Å²) < 4.78 is 13.2. The molecule has 1 fully saturated rings. The molecule has 0 spiro atoms. The van der Waals surface area contributed by atoms with E-state index >= 15 is 0 Å². The molecule has 1 unspecified atom stereocenters. The van der Waals surface area contributed by atoms with Crippen LogP contribution in [0.15, 0.2) is 18.3 Å². The van der Waals surface area contributed by atoms with Gasteiger partial charge in [0.2, 0.25) is 5.95 Å². The number of carbonyl (C=O) groups excluding carboxylic acids is 1. The molecular weight excluding hydrogens is 227 g/mol. The molecule has 1 amide bonds. The van der Waals surface area contributed by atoms with Gasteiger partial charge in [-0.1, -0.05) is 0 Å². The molecule has 0 bridgehead atoms. The van der Waals surface area contributed by atoms with Crippen LogP contribution in [0.2, 0.25) is 0 Å². The predicted octanol–water partition coefficient (Wildman–Crippen LogP) is 1.70. The third-order valence-corrected chi connectivity index (χ3v) is 3.81. The molecule has 5 heteroatoms. The fraction of sp³-hybridized carbons (Fsp3) is 0.455. The number of hydrogen-bond donors (Lipinski definition) is 1. The Bertz CT molecular complexity index is 380. The van der Waals surface area contributed by atoms with Crippen molar-refractivity contribution in [3.8, 4) is 0 Å². The van der Waals surface area contributed by atoms with Gasteiger partial charge in [0, 0.05) is 12.7 Å². The lowest BCUT2D eigenvalue weighted by Gasteiger charge is -2.09. The van der Waals surface area contributed by atoms with E-state index in [0.717, 1.165) is 17.9 Å².